The van der Waals surface area contributed by atoms with Crippen LogP contribution in [-0.4, -0.2) is 0 Å². The zero-order valence-corrected chi connectivity index (χ0v) is 35.0. The fourth-order valence-corrected chi connectivity index (χ4v) is 11.2. The average Bonchev–Trinajstić information content (AvgIpc) is 3.85. The van der Waals surface area contributed by atoms with Crippen LogP contribution in [0.25, 0.3) is 66.1 Å². The highest BCUT2D eigenvalue weighted by Gasteiger charge is 2.41. The van der Waals surface area contributed by atoms with Crippen molar-refractivity contribution in [3.05, 3.63) is 222 Å². The van der Waals surface area contributed by atoms with Gasteiger partial charge in [0.1, 0.15) is 11.2 Å². The lowest BCUT2D eigenvalue weighted by atomic mass is 9.74. The monoisotopic (exact) mass is 797 g/mol. The van der Waals surface area contributed by atoms with Gasteiger partial charge in [-0.3, -0.25) is 0 Å². The fraction of sp³-hybridized carbons (Fsp3) is 0.133. The molecule has 2 aliphatic rings. The summed E-state index contributed by atoms with van der Waals surface area (Å²) in [6.45, 7) is 2.39. The molecule has 298 valence electrons. The van der Waals surface area contributed by atoms with E-state index in [1.54, 1.807) is 0 Å². The fourth-order valence-electron chi connectivity index (χ4n) is 11.2. The van der Waals surface area contributed by atoms with E-state index >= 15 is 0 Å². The van der Waals surface area contributed by atoms with Gasteiger partial charge in [0.15, 0.2) is 0 Å². The summed E-state index contributed by atoms with van der Waals surface area (Å²) in [5.41, 5.74) is 17.9. The third-order valence-electron chi connectivity index (χ3n) is 14.2. The van der Waals surface area contributed by atoms with Crippen LogP contribution in [0.5, 0.6) is 0 Å². The summed E-state index contributed by atoms with van der Waals surface area (Å²) in [6, 6.07) is 74.0. The zero-order valence-electron chi connectivity index (χ0n) is 35.0. The van der Waals surface area contributed by atoms with Crippen molar-refractivity contribution in [2.45, 2.75) is 50.4 Å². The van der Waals surface area contributed by atoms with Crippen molar-refractivity contribution < 1.29 is 4.42 Å². The van der Waals surface area contributed by atoms with Crippen molar-refractivity contribution in [1.82, 2.24) is 0 Å². The van der Waals surface area contributed by atoms with Crippen LogP contribution in [0.2, 0.25) is 0 Å². The Morgan fingerprint density at radius 2 is 1.13 bits per heavy atom. The first kappa shape index (κ1) is 36.7. The summed E-state index contributed by atoms with van der Waals surface area (Å²) in [5, 5.41) is 4.95. The van der Waals surface area contributed by atoms with Gasteiger partial charge in [0.25, 0.3) is 0 Å². The summed E-state index contributed by atoms with van der Waals surface area (Å²) in [7, 11) is 0. The van der Waals surface area contributed by atoms with Crippen molar-refractivity contribution >= 4 is 49.8 Å². The highest BCUT2D eigenvalue weighted by atomic mass is 16.3. The van der Waals surface area contributed by atoms with Gasteiger partial charge in [-0.1, -0.05) is 177 Å². The first-order valence-electron chi connectivity index (χ1n) is 22.4. The van der Waals surface area contributed by atoms with Crippen LogP contribution in [0, 0.1) is 0 Å². The molecule has 0 N–H and O–H groups in total. The lowest BCUT2D eigenvalue weighted by molar-refractivity contribution is 0.445. The van der Waals surface area contributed by atoms with E-state index < -0.39 is 0 Å². The van der Waals surface area contributed by atoms with Crippen LogP contribution in [0.15, 0.2) is 205 Å². The second-order valence-electron chi connectivity index (χ2n) is 17.5. The van der Waals surface area contributed by atoms with Crippen LogP contribution in [-0.2, 0) is 5.41 Å². The molecule has 1 heterocycles. The van der Waals surface area contributed by atoms with Gasteiger partial charge in [0.05, 0.1) is 5.69 Å². The van der Waals surface area contributed by atoms with Gasteiger partial charge < -0.3 is 9.32 Å². The maximum absolute atomic E-state index is 6.54. The van der Waals surface area contributed by atoms with Crippen molar-refractivity contribution in [1.29, 1.82) is 0 Å². The van der Waals surface area contributed by atoms with Gasteiger partial charge in [0, 0.05) is 39.2 Å². The number of hydrogen-bond acceptors (Lipinski definition) is 2. The first-order chi connectivity index (χ1) is 30.6. The number of fused-ring (bicyclic) bond motifs is 7. The molecule has 1 fully saturated rings. The molecule has 9 aromatic carbocycles. The Bertz CT molecular complexity index is 3290. The molecule has 1 aromatic heterocycles. The second-order valence-corrected chi connectivity index (χ2v) is 17.5. The largest absolute Gasteiger partial charge is 0.456 e. The summed E-state index contributed by atoms with van der Waals surface area (Å²) in [4.78, 5) is 2.44. The number of benzene rings is 9. The molecule has 0 aliphatic heterocycles. The van der Waals surface area contributed by atoms with E-state index in [0.29, 0.717) is 5.92 Å². The molecular formula is C60H47NO. The number of para-hydroxylation sites is 2. The summed E-state index contributed by atoms with van der Waals surface area (Å²) < 4.78 is 6.54. The Morgan fingerprint density at radius 1 is 0.484 bits per heavy atom. The highest BCUT2D eigenvalue weighted by Crippen LogP contribution is 2.55. The van der Waals surface area contributed by atoms with Crippen LogP contribution < -0.4 is 4.90 Å². The number of anilines is 3. The maximum Gasteiger partial charge on any atom is 0.137 e. The maximum atomic E-state index is 6.54. The van der Waals surface area contributed by atoms with Gasteiger partial charge in [-0.05, 0) is 123 Å². The van der Waals surface area contributed by atoms with E-state index in [-0.39, 0.29) is 5.41 Å². The molecule has 0 spiro atoms. The number of rotatable bonds is 7. The van der Waals surface area contributed by atoms with Crippen LogP contribution in [0.3, 0.4) is 0 Å². The Labute approximate surface area is 363 Å². The lowest BCUT2D eigenvalue weighted by Gasteiger charge is -2.29. The quantitative estimate of drug-likeness (QED) is 0.160. The minimum Gasteiger partial charge on any atom is -0.456 e. The van der Waals surface area contributed by atoms with E-state index in [2.05, 4.69) is 206 Å². The minimum absolute atomic E-state index is 0.253. The highest BCUT2D eigenvalue weighted by molar-refractivity contribution is 6.07. The molecule has 0 bridgehead atoms. The molecule has 1 unspecified atom stereocenters. The van der Waals surface area contributed by atoms with Crippen LogP contribution in [0.1, 0.15) is 67.2 Å². The molecule has 0 saturated heterocycles. The summed E-state index contributed by atoms with van der Waals surface area (Å²) >= 11 is 0. The molecule has 10 aromatic rings. The number of hydrogen-bond donors (Lipinski definition) is 0. The number of furan rings is 1. The van der Waals surface area contributed by atoms with Gasteiger partial charge in [-0.2, -0.15) is 0 Å². The van der Waals surface area contributed by atoms with E-state index in [1.165, 1.54) is 98.5 Å². The van der Waals surface area contributed by atoms with E-state index in [4.69, 9.17) is 4.42 Å². The van der Waals surface area contributed by atoms with E-state index in [9.17, 15) is 0 Å². The molecule has 0 radical (unpaired) electrons. The lowest BCUT2D eigenvalue weighted by Crippen LogP contribution is -2.22. The standard InChI is InChI=1S/C60H47NO/c1-60(43-21-6-3-7-22-43)53-29-11-8-25-52(53)59-47(27-16-30-54(59)60)41-33-35-44(36-34-41)61(45-37-38-50-49-24-10-13-32-56(49)62-57(50)39-45)55-31-12-9-23-48(55)51-28-15-20-42-19-14-26-46(58(42)51)40-17-4-2-5-18-40/h3,6-16,19-40H,2,4-5,17-18H2,1H3. The zero-order chi connectivity index (χ0) is 41.2. The van der Waals surface area contributed by atoms with Gasteiger partial charge in [-0.15, -0.1) is 0 Å². The van der Waals surface area contributed by atoms with Crippen molar-refractivity contribution in [3.8, 4) is 33.4 Å². The SMILES string of the molecule is CC1(c2ccccc2)c2ccccc2-c2c(-c3ccc(N(c4ccc5c(c4)oc4ccccc45)c4ccccc4-c4cccc5cccc(C6CCCCC6)c45)cc3)cccc21. The molecule has 1 saturated carbocycles. The minimum atomic E-state index is -0.253. The molecular weight excluding hydrogens is 751 g/mol. The van der Waals surface area contributed by atoms with E-state index in [0.717, 1.165) is 39.0 Å². The predicted octanol–water partition coefficient (Wildman–Crippen LogP) is 16.9. The summed E-state index contributed by atoms with van der Waals surface area (Å²) in [5.74, 6) is 0.580. The molecule has 12 rings (SSSR count). The van der Waals surface area contributed by atoms with Gasteiger partial charge in [0.2, 0.25) is 0 Å². The Balaban J connectivity index is 1.03. The van der Waals surface area contributed by atoms with Crippen molar-refractivity contribution in [2.24, 2.45) is 0 Å². The number of nitrogens with zero attached hydrogens (tertiary/aromatic N) is 1. The van der Waals surface area contributed by atoms with Crippen LogP contribution in [0.4, 0.5) is 17.1 Å². The van der Waals surface area contributed by atoms with E-state index in [1.807, 2.05) is 6.07 Å². The van der Waals surface area contributed by atoms with Gasteiger partial charge >= 0.3 is 0 Å². The van der Waals surface area contributed by atoms with Crippen LogP contribution >= 0.6 is 0 Å². The third kappa shape index (κ3) is 5.77. The average molecular weight is 798 g/mol. The predicted molar refractivity (Wildman–Crippen MR) is 260 cm³/mol. The molecule has 2 aliphatic carbocycles. The molecule has 2 nitrogen and oxygen atoms in total. The van der Waals surface area contributed by atoms with Gasteiger partial charge in [-0.25, -0.2) is 0 Å². The molecule has 2 heteroatoms. The third-order valence-corrected chi connectivity index (χ3v) is 14.2. The Morgan fingerprint density at radius 3 is 1.98 bits per heavy atom. The smallest absolute Gasteiger partial charge is 0.137 e. The first-order valence-corrected chi connectivity index (χ1v) is 22.4. The van der Waals surface area contributed by atoms with Crippen molar-refractivity contribution in [2.75, 3.05) is 4.90 Å². The molecule has 62 heavy (non-hydrogen) atoms. The molecule has 1 atom stereocenters. The summed E-state index contributed by atoms with van der Waals surface area (Å²) in [6.07, 6.45) is 6.46. The van der Waals surface area contributed by atoms with Crippen molar-refractivity contribution in [3.63, 3.8) is 0 Å². The molecule has 0 amide bonds. The normalized spacial score (nSPS) is 16.1. The second kappa shape index (κ2) is 14.8. The Kier molecular flexibility index (Phi) is 8.74. The topological polar surface area (TPSA) is 16.4 Å². The Hall–Kier alpha value is -7.16.